The van der Waals surface area contributed by atoms with Gasteiger partial charge in [-0.3, -0.25) is 0 Å². The van der Waals surface area contributed by atoms with E-state index in [-0.39, 0.29) is 18.0 Å². The van der Waals surface area contributed by atoms with Crippen LogP contribution >= 0.6 is 15.9 Å². The van der Waals surface area contributed by atoms with Gasteiger partial charge in [-0.15, -0.1) is 0 Å². The molecule has 0 bridgehead atoms. The second kappa shape index (κ2) is 5.46. The summed E-state index contributed by atoms with van der Waals surface area (Å²) < 4.78 is 19.8. The first-order valence-electron chi connectivity index (χ1n) is 5.90. The molecule has 1 N–H and O–H groups in total. The van der Waals surface area contributed by atoms with Crippen LogP contribution in [0.25, 0.3) is 0 Å². The van der Waals surface area contributed by atoms with Crippen molar-refractivity contribution in [3.05, 3.63) is 34.1 Å². The van der Waals surface area contributed by atoms with Crippen LogP contribution < -0.4 is 5.32 Å². The van der Waals surface area contributed by atoms with Crippen LogP contribution in [0.1, 0.15) is 31.9 Å². The van der Waals surface area contributed by atoms with Crippen molar-refractivity contribution in [2.45, 2.75) is 38.5 Å². The smallest absolute Gasteiger partial charge is 0.124 e. The number of ether oxygens (including phenoxy) is 1. The summed E-state index contributed by atoms with van der Waals surface area (Å²) in [4.78, 5) is 0. The van der Waals surface area contributed by atoms with Crippen molar-refractivity contribution < 1.29 is 9.13 Å². The van der Waals surface area contributed by atoms with Gasteiger partial charge in [0, 0.05) is 17.1 Å². The molecule has 0 amide bonds. The molecule has 1 aliphatic heterocycles. The summed E-state index contributed by atoms with van der Waals surface area (Å²) in [7, 11) is 0. The molecule has 0 radical (unpaired) electrons. The zero-order chi connectivity index (χ0) is 12.4. The van der Waals surface area contributed by atoms with E-state index in [1.165, 1.54) is 12.1 Å². The molecule has 1 heterocycles. The molecule has 0 spiro atoms. The Labute approximate surface area is 110 Å². The van der Waals surface area contributed by atoms with Crippen LogP contribution in [0.5, 0.6) is 0 Å². The molecule has 3 unspecified atom stereocenters. The zero-order valence-electron chi connectivity index (χ0n) is 10.0. The quantitative estimate of drug-likeness (QED) is 0.858. The van der Waals surface area contributed by atoms with Crippen molar-refractivity contribution in [2.75, 3.05) is 6.54 Å². The lowest BCUT2D eigenvalue weighted by Gasteiger charge is -2.20. The van der Waals surface area contributed by atoms with Crippen molar-refractivity contribution in [1.82, 2.24) is 5.32 Å². The highest BCUT2D eigenvalue weighted by atomic mass is 79.9. The Morgan fingerprint density at radius 1 is 1.41 bits per heavy atom. The minimum Gasteiger partial charge on any atom is -0.369 e. The van der Waals surface area contributed by atoms with Gasteiger partial charge in [-0.25, -0.2) is 4.39 Å². The molecule has 4 heteroatoms. The molecule has 2 rings (SSSR count). The lowest BCUT2D eigenvalue weighted by Crippen LogP contribution is -2.28. The van der Waals surface area contributed by atoms with Crippen molar-refractivity contribution >= 4 is 15.9 Å². The first kappa shape index (κ1) is 13.0. The van der Waals surface area contributed by atoms with Crippen LogP contribution in [-0.2, 0) is 4.74 Å². The fraction of sp³-hybridized carbons (Fsp3) is 0.538. The normalized spacial score (nSPS) is 30.0. The third kappa shape index (κ3) is 3.27. The Balaban J connectivity index is 2.20. The average Bonchev–Trinajstić information content (AvgIpc) is 2.39. The molecule has 17 heavy (non-hydrogen) atoms. The van der Waals surface area contributed by atoms with Crippen LogP contribution in [0.15, 0.2) is 22.7 Å². The highest BCUT2D eigenvalue weighted by Gasteiger charge is 2.23. The molecule has 0 saturated carbocycles. The van der Waals surface area contributed by atoms with Crippen LogP contribution in [0, 0.1) is 5.82 Å². The van der Waals surface area contributed by atoms with Gasteiger partial charge in [0.15, 0.2) is 0 Å². The number of nitrogens with one attached hydrogen (secondary N) is 1. The minimum atomic E-state index is -0.233. The molecule has 0 aromatic heterocycles. The monoisotopic (exact) mass is 301 g/mol. The Kier molecular flexibility index (Phi) is 4.17. The van der Waals surface area contributed by atoms with Gasteiger partial charge in [-0.2, -0.15) is 0 Å². The van der Waals surface area contributed by atoms with Crippen LogP contribution in [0.3, 0.4) is 0 Å². The van der Waals surface area contributed by atoms with E-state index < -0.39 is 0 Å². The van der Waals surface area contributed by atoms with E-state index in [9.17, 15) is 4.39 Å². The maximum absolute atomic E-state index is 13.0. The van der Waals surface area contributed by atoms with Crippen LogP contribution in [0.2, 0.25) is 0 Å². The molecule has 1 saturated heterocycles. The van der Waals surface area contributed by atoms with Crippen molar-refractivity contribution in [2.24, 2.45) is 0 Å². The summed E-state index contributed by atoms with van der Waals surface area (Å²) in [6.45, 7) is 4.99. The fourth-order valence-corrected chi connectivity index (χ4v) is 2.83. The van der Waals surface area contributed by atoms with Crippen molar-refractivity contribution in [3.8, 4) is 0 Å². The number of hydrogen-bond donors (Lipinski definition) is 1. The molecular weight excluding hydrogens is 285 g/mol. The molecule has 0 aliphatic carbocycles. The molecule has 1 fully saturated rings. The average molecular weight is 302 g/mol. The SMILES string of the molecule is CC1CC(C)OC(c2ccc(F)cc2Br)CN1. The first-order chi connectivity index (χ1) is 8.06. The minimum absolute atomic E-state index is 0.0232. The molecule has 1 aromatic rings. The summed E-state index contributed by atoms with van der Waals surface area (Å²) in [5, 5.41) is 3.43. The van der Waals surface area contributed by atoms with Gasteiger partial charge in [0.25, 0.3) is 0 Å². The number of hydrogen-bond acceptors (Lipinski definition) is 2. The van der Waals surface area contributed by atoms with E-state index >= 15 is 0 Å². The molecule has 1 aliphatic rings. The van der Waals surface area contributed by atoms with Gasteiger partial charge in [-0.05, 0) is 38.0 Å². The molecule has 1 aromatic carbocycles. The topological polar surface area (TPSA) is 21.3 Å². The predicted octanol–water partition coefficient (Wildman–Crippen LogP) is 3.42. The van der Waals surface area contributed by atoms with Gasteiger partial charge in [0.1, 0.15) is 5.82 Å². The first-order valence-corrected chi connectivity index (χ1v) is 6.69. The van der Waals surface area contributed by atoms with E-state index in [2.05, 4.69) is 35.1 Å². The molecular formula is C13H17BrFNO. The lowest BCUT2D eigenvalue weighted by molar-refractivity contribution is 0.00678. The van der Waals surface area contributed by atoms with E-state index in [1.54, 1.807) is 6.07 Å². The summed E-state index contributed by atoms with van der Waals surface area (Å²) in [5.41, 5.74) is 1.000. The Hall–Kier alpha value is -0.450. The van der Waals surface area contributed by atoms with Gasteiger partial charge >= 0.3 is 0 Å². The maximum Gasteiger partial charge on any atom is 0.124 e. The van der Waals surface area contributed by atoms with Gasteiger partial charge in [0.05, 0.1) is 12.2 Å². The van der Waals surface area contributed by atoms with Crippen LogP contribution in [-0.4, -0.2) is 18.7 Å². The summed E-state index contributed by atoms with van der Waals surface area (Å²) in [5.74, 6) is -0.233. The zero-order valence-corrected chi connectivity index (χ0v) is 11.6. The third-order valence-corrected chi connectivity index (χ3v) is 3.73. The Morgan fingerprint density at radius 3 is 2.88 bits per heavy atom. The molecule has 94 valence electrons. The van der Waals surface area contributed by atoms with Crippen molar-refractivity contribution in [1.29, 1.82) is 0 Å². The van der Waals surface area contributed by atoms with E-state index in [1.807, 2.05) is 0 Å². The second-order valence-corrected chi connectivity index (χ2v) is 5.50. The number of halogens is 2. The Bertz CT molecular complexity index is 399. The Morgan fingerprint density at radius 2 is 2.18 bits per heavy atom. The molecule has 3 atom stereocenters. The lowest BCUT2D eigenvalue weighted by atomic mass is 10.1. The van der Waals surface area contributed by atoms with Gasteiger partial charge < -0.3 is 10.1 Å². The molecule has 2 nitrogen and oxygen atoms in total. The predicted molar refractivity (Wildman–Crippen MR) is 69.5 cm³/mol. The standard InChI is InChI=1S/C13H17BrFNO/c1-8-5-9(2)17-13(7-16-8)11-4-3-10(15)6-12(11)14/h3-4,6,8-9,13,16H,5,7H2,1-2H3. The van der Waals surface area contributed by atoms with E-state index in [0.29, 0.717) is 6.04 Å². The number of benzene rings is 1. The van der Waals surface area contributed by atoms with Crippen molar-refractivity contribution in [3.63, 3.8) is 0 Å². The summed E-state index contributed by atoms with van der Waals surface area (Å²) >= 11 is 3.40. The summed E-state index contributed by atoms with van der Waals surface area (Å²) in [6, 6.07) is 5.20. The van der Waals surface area contributed by atoms with E-state index in [4.69, 9.17) is 4.74 Å². The maximum atomic E-state index is 13.0. The second-order valence-electron chi connectivity index (χ2n) is 4.65. The summed E-state index contributed by atoms with van der Waals surface area (Å²) in [6.07, 6.45) is 1.18. The van der Waals surface area contributed by atoms with Crippen LogP contribution in [0.4, 0.5) is 4.39 Å². The largest absolute Gasteiger partial charge is 0.369 e. The highest BCUT2D eigenvalue weighted by Crippen LogP contribution is 2.29. The van der Waals surface area contributed by atoms with E-state index in [0.717, 1.165) is 23.0 Å². The fourth-order valence-electron chi connectivity index (χ4n) is 2.22. The number of rotatable bonds is 1. The van der Waals surface area contributed by atoms with Gasteiger partial charge in [0.2, 0.25) is 0 Å². The highest BCUT2D eigenvalue weighted by molar-refractivity contribution is 9.10. The van der Waals surface area contributed by atoms with Gasteiger partial charge in [-0.1, -0.05) is 22.0 Å². The third-order valence-electron chi connectivity index (χ3n) is 3.04.